The molecule has 8 heteroatoms. The molecule has 34 heavy (non-hydrogen) atoms. The van der Waals surface area contributed by atoms with Gasteiger partial charge in [-0.25, -0.2) is 0 Å². The third-order valence-corrected chi connectivity index (χ3v) is 7.05. The molecule has 0 aliphatic carbocycles. The van der Waals surface area contributed by atoms with Crippen LogP contribution in [-0.4, -0.2) is 57.0 Å². The number of hydrogen-bond donors (Lipinski definition) is 0. The summed E-state index contributed by atoms with van der Waals surface area (Å²) in [5.41, 5.74) is 2.18. The van der Waals surface area contributed by atoms with E-state index in [-0.39, 0.29) is 11.2 Å². The lowest BCUT2D eigenvalue weighted by Crippen LogP contribution is -2.50. The van der Waals surface area contributed by atoms with E-state index >= 15 is 0 Å². The number of thioether (sulfide) groups is 1. The van der Waals surface area contributed by atoms with Crippen LogP contribution in [0, 0.1) is 0 Å². The maximum atomic E-state index is 13.3. The summed E-state index contributed by atoms with van der Waals surface area (Å²) in [5, 5.41) is 9.34. The SMILES string of the molecule is CC(Sc1nnc(-c2ccccc2)n1Cc1ccco1)C(=O)N1CCN(c2ccccc2)CC1. The van der Waals surface area contributed by atoms with Gasteiger partial charge in [-0.3, -0.25) is 9.36 Å². The summed E-state index contributed by atoms with van der Waals surface area (Å²) in [6.45, 7) is 5.55. The quantitative estimate of drug-likeness (QED) is 0.370. The van der Waals surface area contributed by atoms with E-state index < -0.39 is 0 Å². The molecule has 4 aromatic rings. The van der Waals surface area contributed by atoms with E-state index in [1.165, 1.54) is 17.4 Å². The van der Waals surface area contributed by atoms with Crippen LogP contribution in [0.25, 0.3) is 11.4 Å². The summed E-state index contributed by atoms with van der Waals surface area (Å²) < 4.78 is 7.61. The van der Waals surface area contributed by atoms with Crippen LogP contribution >= 0.6 is 11.8 Å². The fourth-order valence-electron chi connectivity index (χ4n) is 4.17. The van der Waals surface area contributed by atoms with E-state index in [2.05, 4.69) is 27.2 Å². The number of nitrogens with zero attached hydrogens (tertiary/aromatic N) is 5. The lowest BCUT2D eigenvalue weighted by Gasteiger charge is -2.37. The second-order valence-corrected chi connectivity index (χ2v) is 9.55. The largest absolute Gasteiger partial charge is 0.467 e. The molecule has 2 aromatic heterocycles. The van der Waals surface area contributed by atoms with Gasteiger partial charge in [0, 0.05) is 37.4 Å². The molecule has 1 unspecified atom stereocenters. The first kappa shape index (κ1) is 22.3. The van der Waals surface area contributed by atoms with Crippen molar-refractivity contribution in [2.24, 2.45) is 0 Å². The van der Waals surface area contributed by atoms with E-state index in [0.717, 1.165) is 30.2 Å². The van der Waals surface area contributed by atoms with Crippen molar-refractivity contribution in [2.75, 3.05) is 31.1 Å². The number of benzene rings is 2. The number of piperazine rings is 1. The van der Waals surface area contributed by atoms with Crippen LogP contribution in [0.3, 0.4) is 0 Å². The zero-order valence-electron chi connectivity index (χ0n) is 19.1. The van der Waals surface area contributed by atoms with Crippen molar-refractivity contribution < 1.29 is 9.21 Å². The fourth-order valence-corrected chi connectivity index (χ4v) is 5.10. The second-order valence-electron chi connectivity index (χ2n) is 8.25. The number of carbonyl (C=O) groups is 1. The van der Waals surface area contributed by atoms with Gasteiger partial charge in [0.05, 0.1) is 18.1 Å². The van der Waals surface area contributed by atoms with Crippen LogP contribution in [0.2, 0.25) is 0 Å². The zero-order valence-corrected chi connectivity index (χ0v) is 19.9. The molecule has 1 amide bonds. The number of aromatic nitrogens is 3. The van der Waals surface area contributed by atoms with Crippen molar-refractivity contribution >= 4 is 23.4 Å². The molecule has 0 N–H and O–H groups in total. The number of hydrogen-bond acceptors (Lipinski definition) is 6. The summed E-state index contributed by atoms with van der Waals surface area (Å²) in [7, 11) is 0. The van der Waals surface area contributed by atoms with E-state index in [1.54, 1.807) is 6.26 Å². The van der Waals surface area contributed by atoms with Gasteiger partial charge in [0.1, 0.15) is 5.76 Å². The molecule has 1 saturated heterocycles. The van der Waals surface area contributed by atoms with Crippen molar-refractivity contribution in [3.8, 4) is 11.4 Å². The Morgan fingerprint density at radius 1 is 0.941 bits per heavy atom. The second kappa shape index (κ2) is 10.2. The highest BCUT2D eigenvalue weighted by atomic mass is 32.2. The number of rotatable bonds is 7. The van der Waals surface area contributed by atoms with Crippen LogP contribution in [0.15, 0.2) is 88.6 Å². The van der Waals surface area contributed by atoms with E-state index in [4.69, 9.17) is 4.42 Å². The first-order valence-electron chi connectivity index (χ1n) is 11.5. The molecule has 1 aliphatic rings. The minimum absolute atomic E-state index is 0.131. The van der Waals surface area contributed by atoms with Gasteiger partial charge in [0.15, 0.2) is 11.0 Å². The van der Waals surface area contributed by atoms with E-state index in [0.29, 0.717) is 24.8 Å². The van der Waals surface area contributed by atoms with Crippen LogP contribution in [-0.2, 0) is 11.3 Å². The number of para-hydroxylation sites is 1. The smallest absolute Gasteiger partial charge is 0.236 e. The Morgan fingerprint density at radius 2 is 1.65 bits per heavy atom. The minimum atomic E-state index is -0.272. The van der Waals surface area contributed by atoms with Gasteiger partial charge in [-0.1, -0.05) is 60.3 Å². The minimum Gasteiger partial charge on any atom is -0.467 e. The Hall–Kier alpha value is -3.52. The van der Waals surface area contributed by atoms with Crippen molar-refractivity contribution in [1.82, 2.24) is 19.7 Å². The molecule has 1 fully saturated rings. The van der Waals surface area contributed by atoms with Gasteiger partial charge < -0.3 is 14.2 Å². The highest BCUT2D eigenvalue weighted by molar-refractivity contribution is 8.00. The van der Waals surface area contributed by atoms with E-state index in [9.17, 15) is 4.79 Å². The van der Waals surface area contributed by atoms with Gasteiger partial charge in [-0.05, 0) is 31.2 Å². The summed E-state index contributed by atoms with van der Waals surface area (Å²) in [6, 6.07) is 24.1. The lowest BCUT2D eigenvalue weighted by atomic mass is 10.2. The molecule has 0 spiro atoms. The first-order chi connectivity index (χ1) is 16.7. The van der Waals surface area contributed by atoms with Crippen LogP contribution in [0.4, 0.5) is 5.69 Å². The molecule has 0 bridgehead atoms. The number of amides is 1. The van der Waals surface area contributed by atoms with Crippen LogP contribution < -0.4 is 4.90 Å². The maximum absolute atomic E-state index is 13.3. The predicted molar refractivity (Wildman–Crippen MR) is 134 cm³/mol. The molecule has 0 saturated carbocycles. The Kier molecular flexibility index (Phi) is 6.67. The number of carbonyl (C=O) groups excluding carboxylic acids is 1. The molecule has 1 atom stereocenters. The summed E-state index contributed by atoms with van der Waals surface area (Å²) in [5.74, 6) is 1.71. The van der Waals surface area contributed by atoms with Crippen molar-refractivity contribution in [1.29, 1.82) is 0 Å². The molecule has 3 heterocycles. The van der Waals surface area contributed by atoms with Crippen LogP contribution in [0.1, 0.15) is 12.7 Å². The highest BCUT2D eigenvalue weighted by Gasteiger charge is 2.27. The fraction of sp³-hybridized carbons (Fsp3) is 0.269. The normalized spacial score (nSPS) is 14.9. The Morgan fingerprint density at radius 3 is 2.32 bits per heavy atom. The molecule has 1 aliphatic heterocycles. The maximum Gasteiger partial charge on any atom is 0.236 e. The van der Waals surface area contributed by atoms with E-state index in [1.807, 2.05) is 77.1 Å². The molecule has 174 valence electrons. The Labute approximate surface area is 203 Å². The Bertz CT molecular complexity index is 1200. The van der Waals surface area contributed by atoms with Crippen LogP contribution in [0.5, 0.6) is 0 Å². The average Bonchev–Trinajstić information content (AvgIpc) is 3.55. The van der Waals surface area contributed by atoms with Gasteiger partial charge in [0.2, 0.25) is 5.91 Å². The van der Waals surface area contributed by atoms with Gasteiger partial charge >= 0.3 is 0 Å². The Balaban J connectivity index is 1.29. The summed E-state index contributed by atoms with van der Waals surface area (Å²) in [6.07, 6.45) is 1.66. The van der Waals surface area contributed by atoms with Gasteiger partial charge in [-0.15, -0.1) is 10.2 Å². The highest BCUT2D eigenvalue weighted by Crippen LogP contribution is 2.29. The van der Waals surface area contributed by atoms with Crippen molar-refractivity contribution in [3.63, 3.8) is 0 Å². The summed E-state index contributed by atoms with van der Waals surface area (Å²) >= 11 is 1.45. The standard InChI is InChI=1S/C26H27N5O2S/c1-20(25(32)30-16-14-29(15-17-30)22-11-6-3-7-12-22)34-26-28-27-24(21-9-4-2-5-10-21)31(26)19-23-13-8-18-33-23/h2-13,18,20H,14-17,19H2,1H3. The molecule has 5 rings (SSSR count). The van der Waals surface area contributed by atoms with Crippen molar-refractivity contribution in [2.45, 2.75) is 23.9 Å². The first-order valence-corrected chi connectivity index (χ1v) is 12.3. The molecule has 2 aromatic carbocycles. The topological polar surface area (TPSA) is 67.4 Å². The number of anilines is 1. The third-order valence-electron chi connectivity index (χ3n) is 5.99. The lowest BCUT2D eigenvalue weighted by molar-refractivity contribution is -0.130. The zero-order chi connectivity index (χ0) is 23.3. The van der Waals surface area contributed by atoms with Crippen molar-refractivity contribution in [3.05, 3.63) is 84.8 Å². The molecular weight excluding hydrogens is 446 g/mol. The molecule has 0 radical (unpaired) electrons. The summed E-state index contributed by atoms with van der Waals surface area (Å²) in [4.78, 5) is 17.5. The number of furan rings is 1. The molecule has 7 nitrogen and oxygen atoms in total. The molecular formula is C26H27N5O2S. The third kappa shape index (κ3) is 4.87. The van der Waals surface area contributed by atoms with Gasteiger partial charge in [-0.2, -0.15) is 0 Å². The monoisotopic (exact) mass is 473 g/mol. The average molecular weight is 474 g/mol. The van der Waals surface area contributed by atoms with Gasteiger partial charge in [0.25, 0.3) is 0 Å². The predicted octanol–water partition coefficient (Wildman–Crippen LogP) is 4.42.